The van der Waals surface area contributed by atoms with E-state index in [-0.39, 0.29) is 41.3 Å². The number of nitrogens with zero attached hydrogens (tertiary/aromatic N) is 1. The van der Waals surface area contributed by atoms with Gasteiger partial charge in [0.25, 0.3) is 0 Å². The van der Waals surface area contributed by atoms with Crippen molar-refractivity contribution >= 4 is 34.3 Å². The van der Waals surface area contributed by atoms with Gasteiger partial charge in [-0.05, 0) is 25.0 Å². The molecule has 9 heteroatoms. The van der Waals surface area contributed by atoms with Gasteiger partial charge in [-0.1, -0.05) is 18.2 Å². The summed E-state index contributed by atoms with van der Waals surface area (Å²) in [7, 11) is 0. The van der Waals surface area contributed by atoms with Crippen molar-refractivity contribution in [1.29, 1.82) is 0 Å². The maximum absolute atomic E-state index is 14.6. The summed E-state index contributed by atoms with van der Waals surface area (Å²) < 4.78 is 40.1. The molecule has 1 aliphatic rings. The first-order valence-corrected chi connectivity index (χ1v) is 10.6. The van der Waals surface area contributed by atoms with Crippen LogP contribution in [0.15, 0.2) is 65.4 Å². The lowest BCUT2D eigenvalue weighted by Crippen LogP contribution is -2.15. The van der Waals surface area contributed by atoms with Gasteiger partial charge in [-0.3, -0.25) is 9.59 Å². The van der Waals surface area contributed by atoms with E-state index >= 15 is 0 Å². The van der Waals surface area contributed by atoms with Crippen molar-refractivity contribution in [2.75, 3.05) is 10.6 Å². The van der Waals surface area contributed by atoms with Gasteiger partial charge in [0.1, 0.15) is 17.2 Å². The normalized spacial score (nSPS) is 13.0. The molecule has 172 valence electrons. The molecular weight excluding hydrogens is 444 g/mol. The van der Waals surface area contributed by atoms with E-state index in [2.05, 4.69) is 15.6 Å². The molecule has 0 spiro atoms. The number of fused-ring (bicyclic) bond motifs is 1. The molecule has 7 nitrogen and oxygen atoms in total. The maximum Gasteiger partial charge on any atom is 0.229 e. The molecule has 34 heavy (non-hydrogen) atoms. The topological polar surface area (TPSA) is 93.5 Å². The van der Waals surface area contributed by atoms with Gasteiger partial charge in [0.05, 0.1) is 18.4 Å². The number of aromatic nitrogens is 1. The Bertz CT molecular complexity index is 1400. The number of furan rings is 1. The van der Waals surface area contributed by atoms with Crippen molar-refractivity contribution in [3.05, 3.63) is 78.2 Å². The lowest BCUT2D eigenvalue weighted by molar-refractivity contribution is -0.117. The Morgan fingerprint density at radius 2 is 1.88 bits per heavy atom. The lowest BCUT2D eigenvalue weighted by Gasteiger charge is -2.11. The van der Waals surface area contributed by atoms with E-state index in [4.69, 9.17) is 9.15 Å². The number of hydrogen-bond acceptors (Lipinski definition) is 5. The first kappa shape index (κ1) is 21.6. The smallest absolute Gasteiger partial charge is 0.229 e. The maximum atomic E-state index is 14.6. The summed E-state index contributed by atoms with van der Waals surface area (Å²) in [6.45, 7) is 0. The Hall–Kier alpha value is -4.27. The van der Waals surface area contributed by atoms with Gasteiger partial charge in [0, 0.05) is 41.3 Å². The quantitative estimate of drug-likeness (QED) is 0.381. The van der Waals surface area contributed by atoms with Crippen molar-refractivity contribution in [2.45, 2.75) is 19.3 Å². The molecule has 1 aliphatic carbocycles. The van der Waals surface area contributed by atoms with Crippen LogP contribution in [0, 0.1) is 17.6 Å². The van der Waals surface area contributed by atoms with Crippen molar-refractivity contribution in [1.82, 2.24) is 4.98 Å². The second-order valence-electron chi connectivity index (χ2n) is 7.99. The minimum atomic E-state index is -0.870. The average molecular weight is 463 g/mol. The minimum absolute atomic E-state index is 0.00658. The highest BCUT2D eigenvalue weighted by molar-refractivity contribution is 5.95. The summed E-state index contributed by atoms with van der Waals surface area (Å²) in [5, 5.41) is 5.82. The zero-order valence-corrected chi connectivity index (χ0v) is 17.8. The highest BCUT2D eigenvalue weighted by atomic mass is 19.1. The van der Waals surface area contributed by atoms with Gasteiger partial charge in [-0.15, -0.1) is 0 Å². The molecule has 2 amide bonds. The van der Waals surface area contributed by atoms with Crippen LogP contribution >= 0.6 is 0 Å². The number of anilines is 2. The van der Waals surface area contributed by atoms with Gasteiger partial charge in [-0.25, -0.2) is 13.8 Å². The SMILES string of the molecule is O=C(Cc1coc2ccccc12)Nc1cc(F)c(Oc2ccnc(NC(=O)C3CC3)c2)cc1F. The summed E-state index contributed by atoms with van der Waals surface area (Å²) in [5.74, 6) is -2.35. The second kappa shape index (κ2) is 8.93. The lowest BCUT2D eigenvalue weighted by atomic mass is 10.1. The minimum Gasteiger partial charge on any atom is -0.464 e. The van der Waals surface area contributed by atoms with Crippen molar-refractivity contribution in [3.63, 3.8) is 0 Å². The second-order valence-corrected chi connectivity index (χ2v) is 7.99. The van der Waals surface area contributed by atoms with Crippen LogP contribution < -0.4 is 15.4 Å². The van der Waals surface area contributed by atoms with Crippen LogP contribution in [0.1, 0.15) is 18.4 Å². The molecule has 0 bridgehead atoms. The predicted octanol–water partition coefficient (Wildman–Crippen LogP) is 5.43. The van der Waals surface area contributed by atoms with E-state index in [0.29, 0.717) is 11.1 Å². The fourth-order valence-corrected chi connectivity index (χ4v) is 3.48. The molecule has 5 rings (SSSR count). The summed E-state index contributed by atoms with van der Waals surface area (Å²) in [5.41, 5.74) is 0.960. The summed E-state index contributed by atoms with van der Waals surface area (Å²) in [4.78, 5) is 28.4. The molecule has 0 unspecified atom stereocenters. The van der Waals surface area contributed by atoms with E-state index in [9.17, 15) is 18.4 Å². The number of ether oxygens (including phenoxy) is 1. The Labute approximate surface area is 192 Å². The third-order valence-electron chi connectivity index (χ3n) is 5.37. The van der Waals surface area contributed by atoms with Crippen LogP contribution in [0.3, 0.4) is 0 Å². The highest BCUT2D eigenvalue weighted by Crippen LogP contribution is 2.32. The van der Waals surface area contributed by atoms with Crippen LogP contribution in [0.5, 0.6) is 11.5 Å². The fourth-order valence-electron chi connectivity index (χ4n) is 3.48. The Kier molecular flexibility index (Phi) is 5.67. The summed E-state index contributed by atoms with van der Waals surface area (Å²) in [6, 6.07) is 11.8. The number of para-hydroxylation sites is 1. The monoisotopic (exact) mass is 463 g/mol. The number of carbonyl (C=O) groups excluding carboxylic acids is 2. The standard InChI is InChI=1S/C25H19F2N3O4/c26-18-12-22(34-16-7-8-28-23(10-16)30-25(32)14-5-6-14)19(27)11-20(18)29-24(31)9-15-13-33-21-4-2-1-3-17(15)21/h1-4,7-8,10-14H,5-6,9H2,(H,29,31)(H,28,30,32). The Balaban J connectivity index is 1.27. The van der Waals surface area contributed by atoms with Crippen molar-refractivity contribution < 1.29 is 27.5 Å². The first-order valence-electron chi connectivity index (χ1n) is 10.6. The predicted molar refractivity (Wildman–Crippen MR) is 121 cm³/mol. The highest BCUT2D eigenvalue weighted by Gasteiger charge is 2.29. The summed E-state index contributed by atoms with van der Waals surface area (Å²) >= 11 is 0. The Morgan fingerprint density at radius 1 is 1.06 bits per heavy atom. The van der Waals surface area contributed by atoms with Crippen molar-refractivity contribution in [3.8, 4) is 11.5 Å². The van der Waals surface area contributed by atoms with Gasteiger partial charge in [0.2, 0.25) is 11.8 Å². The van der Waals surface area contributed by atoms with E-state index in [1.165, 1.54) is 24.6 Å². The van der Waals surface area contributed by atoms with Gasteiger partial charge >= 0.3 is 0 Å². The molecule has 4 aromatic rings. The van der Waals surface area contributed by atoms with Crippen LogP contribution in [-0.2, 0) is 16.0 Å². The molecule has 1 saturated carbocycles. The average Bonchev–Trinajstić information content (AvgIpc) is 3.60. The number of nitrogens with one attached hydrogen (secondary N) is 2. The van der Waals surface area contributed by atoms with Crippen LogP contribution in [0.4, 0.5) is 20.3 Å². The Morgan fingerprint density at radius 3 is 2.71 bits per heavy atom. The van der Waals surface area contributed by atoms with Crippen molar-refractivity contribution in [2.24, 2.45) is 5.92 Å². The van der Waals surface area contributed by atoms with Gasteiger partial charge < -0.3 is 19.8 Å². The number of rotatable bonds is 7. The molecule has 0 aliphatic heterocycles. The number of halogens is 2. The molecule has 1 fully saturated rings. The molecule has 0 radical (unpaired) electrons. The third kappa shape index (κ3) is 4.73. The summed E-state index contributed by atoms with van der Waals surface area (Å²) in [6.07, 6.45) is 4.47. The van der Waals surface area contributed by atoms with E-state index in [1.807, 2.05) is 18.2 Å². The fraction of sp³-hybridized carbons (Fsp3) is 0.160. The largest absolute Gasteiger partial charge is 0.464 e. The van der Waals surface area contributed by atoms with Crippen LogP contribution in [-0.4, -0.2) is 16.8 Å². The number of hydrogen-bond donors (Lipinski definition) is 2. The third-order valence-corrected chi connectivity index (χ3v) is 5.37. The van der Waals surface area contributed by atoms with Gasteiger partial charge in [-0.2, -0.15) is 0 Å². The molecule has 0 atom stereocenters. The van der Waals surface area contributed by atoms with E-state index in [1.54, 1.807) is 6.07 Å². The number of pyridine rings is 1. The molecule has 2 heterocycles. The zero-order valence-electron chi connectivity index (χ0n) is 17.8. The van der Waals surface area contributed by atoms with Crippen LogP contribution in [0.25, 0.3) is 11.0 Å². The number of carbonyl (C=O) groups is 2. The zero-order chi connectivity index (χ0) is 23.7. The van der Waals surface area contributed by atoms with E-state index in [0.717, 1.165) is 30.4 Å². The molecule has 0 saturated heterocycles. The number of amides is 2. The van der Waals surface area contributed by atoms with Crippen LogP contribution in [0.2, 0.25) is 0 Å². The molecule has 2 aromatic carbocycles. The first-order chi connectivity index (χ1) is 16.5. The molecule has 2 N–H and O–H groups in total. The number of benzene rings is 2. The molecule has 2 aromatic heterocycles. The van der Waals surface area contributed by atoms with E-state index < -0.39 is 17.5 Å². The van der Waals surface area contributed by atoms with Gasteiger partial charge in [0.15, 0.2) is 17.4 Å². The molecular formula is C25H19F2N3O4.